The van der Waals surface area contributed by atoms with Gasteiger partial charge in [-0.2, -0.15) is 0 Å². The van der Waals surface area contributed by atoms with Crippen molar-refractivity contribution in [3.05, 3.63) is 24.3 Å². The second kappa shape index (κ2) is 10.3. The minimum absolute atomic E-state index is 0.0475. The molecule has 0 aliphatic carbocycles. The van der Waals surface area contributed by atoms with Gasteiger partial charge in [0, 0.05) is 24.8 Å². The predicted octanol–water partition coefficient (Wildman–Crippen LogP) is 3.20. The molecule has 3 atom stereocenters. The summed E-state index contributed by atoms with van der Waals surface area (Å²) in [6, 6.07) is 8.57. The van der Waals surface area contributed by atoms with Crippen LogP contribution >= 0.6 is 0 Å². The Bertz CT molecular complexity index is 940. The second-order valence-electron chi connectivity index (χ2n) is 11.4. The van der Waals surface area contributed by atoms with E-state index >= 15 is 0 Å². The smallest absolute Gasteiger partial charge is 0.404 e. The lowest BCUT2D eigenvalue weighted by Gasteiger charge is -2.48. The van der Waals surface area contributed by atoms with Crippen LogP contribution in [0.15, 0.2) is 24.3 Å². The van der Waals surface area contributed by atoms with Gasteiger partial charge < -0.3 is 25.4 Å². The highest BCUT2D eigenvalue weighted by Crippen LogP contribution is 2.41. The summed E-state index contributed by atoms with van der Waals surface area (Å²) in [5.74, 6) is 1.33. The lowest BCUT2D eigenvalue weighted by Crippen LogP contribution is -2.53. The number of hydrogen-bond donors (Lipinski definition) is 2. The minimum atomic E-state index is -3.50. The van der Waals surface area contributed by atoms with E-state index in [2.05, 4.69) is 36.2 Å². The average molecular weight is 496 g/mol. The largest absolute Gasteiger partial charge is 0.494 e. The van der Waals surface area contributed by atoms with E-state index < -0.39 is 26.6 Å². The van der Waals surface area contributed by atoms with E-state index in [0.717, 1.165) is 25.4 Å². The molecule has 3 N–H and O–H groups in total. The van der Waals surface area contributed by atoms with Crippen molar-refractivity contribution in [1.29, 1.82) is 0 Å². The number of hydrogen-bond acceptors (Lipinski definition) is 7. The number of piperidine rings is 1. The van der Waals surface area contributed by atoms with Crippen molar-refractivity contribution < 1.29 is 22.7 Å². The number of ether oxygens (including phenoxy) is 2. The second-order valence-corrected chi connectivity index (χ2v) is 13.7. The number of rotatable bonds is 9. The van der Waals surface area contributed by atoms with Crippen LogP contribution in [0.2, 0.25) is 0 Å². The number of nitrogens with zero attached hydrogens (tertiary/aromatic N) is 1. The van der Waals surface area contributed by atoms with Gasteiger partial charge in [-0.3, -0.25) is 0 Å². The quantitative estimate of drug-likeness (QED) is 0.506. The predicted molar refractivity (Wildman–Crippen MR) is 135 cm³/mol. The first kappa shape index (κ1) is 26.6. The summed E-state index contributed by atoms with van der Waals surface area (Å²) in [7, 11) is -3.50. The Labute approximate surface area is 204 Å². The molecule has 4 rings (SSSR count). The van der Waals surface area contributed by atoms with Gasteiger partial charge in [-0.1, -0.05) is 34.6 Å². The number of nitrogens with one attached hydrogen (secondary N) is 1. The standard InChI is InChI=1S/C25H41N3O5S/c1-24(2,3)22(17-33-23(26)29)34(30,31)12-6-11-32-20-9-7-19(8-10-20)28-16-18-13-25(4,5)21(28)15-27-14-18/h7-10,18,21-22,27H,6,11-17H2,1-5H3,(H2,26,29)/t18-,21-,22?/m1/s1. The molecule has 1 unspecified atom stereocenters. The fourth-order valence-corrected chi connectivity index (χ4v) is 7.54. The molecule has 1 aromatic carbocycles. The summed E-state index contributed by atoms with van der Waals surface area (Å²) in [5.41, 5.74) is 5.91. The third-order valence-electron chi connectivity index (χ3n) is 7.11. The van der Waals surface area contributed by atoms with Crippen molar-refractivity contribution >= 4 is 21.6 Å². The number of benzene rings is 1. The van der Waals surface area contributed by atoms with Crippen LogP contribution in [0.1, 0.15) is 47.5 Å². The molecule has 0 saturated carbocycles. The average Bonchev–Trinajstić information content (AvgIpc) is 3.01. The SMILES string of the molecule is CC(C)(C)C(COC(N)=O)S(=O)(=O)CCCOc1ccc(N2C[C@H]3CNC[C@@H]2C(C)(C)C3)cc1. The molecular weight excluding hydrogens is 454 g/mol. The van der Waals surface area contributed by atoms with Crippen LogP contribution in [0.4, 0.5) is 10.5 Å². The lowest BCUT2D eigenvalue weighted by molar-refractivity contribution is 0.142. The van der Waals surface area contributed by atoms with E-state index in [1.54, 1.807) is 0 Å². The van der Waals surface area contributed by atoms with E-state index in [-0.39, 0.29) is 24.4 Å². The third-order valence-corrected chi connectivity index (χ3v) is 9.67. The molecule has 0 spiro atoms. The summed E-state index contributed by atoms with van der Waals surface area (Å²) in [5, 5.41) is 2.78. The molecule has 3 heterocycles. The maximum Gasteiger partial charge on any atom is 0.404 e. The van der Waals surface area contributed by atoms with Crippen molar-refractivity contribution in [2.24, 2.45) is 22.5 Å². The molecule has 3 saturated heterocycles. The molecule has 2 bridgehead atoms. The van der Waals surface area contributed by atoms with Crippen molar-refractivity contribution in [3.63, 3.8) is 0 Å². The van der Waals surface area contributed by atoms with Crippen LogP contribution in [-0.4, -0.2) is 64.4 Å². The maximum absolute atomic E-state index is 12.9. The van der Waals surface area contributed by atoms with Crippen LogP contribution in [0.5, 0.6) is 5.75 Å². The Morgan fingerprint density at radius 3 is 2.53 bits per heavy atom. The number of primary amides is 1. The van der Waals surface area contributed by atoms with Crippen LogP contribution in [0.3, 0.4) is 0 Å². The van der Waals surface area contributed by atoms with E-state index in [1.807, 2.05) is 32.9 Å². The number of anilines is 1. The van der Waals surface area contributed by atoms with E-state index in [9.17, 15) is 13.2 Å². The van der Waals surface area contributed by atoms with Gasteiger partial charge in [0.15, 0.2) is 9.84 Å². The van der Waals surface area contributed by atoms with Gasteiger partial charge in [-0.05, 0) is 60.4 Å². The number of sulfone groups is 1. The highest BCUT2D eigenvalue weighted by atomic mass is 32.2. The maximum atomic E-state index is 12.9. The molecule has 3 aliphatic rings. The molecular formula is C25H41N3O5S. The molecule has 3 fully saturated rings. The zero-order chi connectivity index (χ0) is 25.1. The Morgan fingerprint density at radius 2 is 1.91 bits per heavy atom. The molecule has 1 amide bonds. The Morgan fingerprint density at radius 1 is 1.24 bits per heavy atom. The summed E-state index contributed by atoms with van der Waals surface area (Å²) < 4.78 is 36.4. The molecule has 9 heteroatoms. The number of carbonyl (C=O) groups excluding carboxylic acids is 1. The molecule has 8 nitrogen and oxygen atoms in total. The Hall–Kier alpha value is -2.00. The third kappa shape index (κ3) is 6.56. The minimum Gasteiger partial charge on any atom is -0.494 e. The van der Waals surface area contributed by atoms with Gasteiger partial charge in [0.05, 0.1) is 12.4 Å². The van der Waals surface area contributed by atoms with Crippen LogP contribution in [-0.2, 0) is 14.6 Å². The van der Waals surface area contributed by atoms with Crippen molar-refractivity contribution in [2.45, 2.75) is 58.8 Å². The zero-order valence-corrected chi connectivity index (χ0v) is 22.0. The normalized spacial score (nSPS) is 23.3. The van der Waals surface area contributed by atoms with Crippen molar-refractivity contribution in [2.75, 3.05) is 43.5 Å². The van der Waals surface area contributed by atoms with E-state index in [0.29, 0.717) is 18.4 Å². The van der Waals surface area contributed by atoms with Gasteiger partial charge in [-0.25, -0.2) is 13.2 Å². The van der Waals surface area contributed by atoms with Gasteiger partial charge >= 0.3 is 6.09 Å². The van der Waals surface area contributed by atoms with Crippen molar-refractivity contribution in [3.8, 4) is 5.75 Å². The highest BCUT2D eigenvalue weighted by Gasteiger charge is 2.43. The number of carbonyl (C=O) groups is 1. The fraction of sp³-hybridized carbons (Fsp3) is 0.720. The molecule has 192 valence electrons. The first-order chi connectivity index (χ1) is 15.8. The van der Waals surface area contributed by atoms with Gasteiger partial charge in [0.1, 0.15) is 17.6 Å². The number of amides is 1. The topological polar surface area (TPSA) is 111 Å². The number of fused-ring (bicyclic) bond motifs is 4. The fourth-order valence-electron chi connectivity index (χ4n) is 5.38. The Balaban J connectivity index is 1.54. The summed E-state index contributed by atoms with van der Waals surface area (Å²) in [6.45, 7) is 13.3. The summed E-state index contributed by atoms with van der Waals surface area (Å²) in [4.78, 5) is 13.5. The van der Waals surface area contributed by atoms with Gasteiger partial charge in [0.25, 0.3) is 0 Å². The van der Waals surface area contributed by atoms with Crippen LogP contribution in [0, 0.1) is 16.7 Å². The van der Waals surface area contributed by atoms with Crippen molar-refractivity contribution in [1.82, 2.24) is 5.32 Å². The molecule has 0 aromatic heterocycles. The Kier molecular flexibility index (Phi) is 8.07. The highest BCUT2D eigenvalue weighted by molar-refractivity contribution is 7.92. The van der Waals surface area contributed by atoms with Crippen LogP contribution < -0.4 is 20.7 Å². The molecule has 1 aromatic rings. The van der Waals surface area contributed by atoms with E-state index in [1.165, 1.54) is 12.1 Å². The summed E-state index contributed by atoms with van der Waals surface area (Å²) >= 11 is 0. The molecule has 0 radical (unpaired) electrons. The van der Waals surface area contributed by atoms with Gasteiger partial charge in [0.2, 0.25) is 0 Å². The molecule has 3 aliphatic heterocycles. The number of nitrogens with two attached hydrogens (primary N) is 1. The van der Waals surface area contributed by atoms with E-state index in [4.69, 9.17) is 15.2 Å². The summed E-state index contributed by atoms with van der Waals surface area (Å²) in [6.07, 6.45) is 0.628. The monoisotopic (exact) mass is 495 g/mol. The first-order valence-corrected chi connectivity index (χ1v) is 13.9. The lowest BCUT2D eigenvalue weighted by atomic mass is 9.73. The first-order valence-electron chi connectivity index (χ1n) is 12.1. The zero-order valence-electron chi connectivity index (χ0n) is 21.2. The van der Waals surface area contributed by atoms with Gasteiger partial charge in [-0.15, -0.1) is 0 Å². The van der Waals surface area contributed by atoms with Crippen LogP contribution in [0.25, 0.3) is 0 Å². The molecule has 34 heavy (non-hydrogen) atoms.